The smallest absolute Gasteiger partial charge is 0.258 e. The summed E-state index contributed by atoms with van der Waals surface area (Å²) in [6, 6.07) is 13.7. The average Bonchev–Trinajstić information content (AvgIpc) is 3.15. The summed E-state index contributed by atoms with van der Waals surface area (Å²) in [6.07, 6.45) is 4.49. The van der Waals surface area contributed by atoms with Crippen molar-refractivity contribution >= 4 is 29.0 Å². The molecule has 1 unspecified atom stereocenters. The van der Waals surface area contributed by atoms with Gasteiger partial charge in [0, 0.05) is 18.0 Å². The summed E-state index contributed by atoms with van der Waals surface area (Å²) in [4.78, 5) is 27.6. The van der Waals surface area contributed by atoms with Crippen LogP contribution in [0.4, 0.5) is 4.79 Å². The van der Waals surface area contributed by atoms with Gasteiger partial charge in [0.25, 0.3) is 12.0 Å². The van der Waals surface area contributed by atoms with Crippen LogP contribution in [-0.4, -0.2) is 40.1 Å². The molecular formula is C26H29N3O3. The number of fused-ring (bicyclic) bond motifs is 1. The number of carboxylic acid groups (broad SMARTS) is 1. The van der Waals surface area contributed by atoms with Crippen molar-refractivity contribution in [3.8, 4) is 11.1 Å². The number of primary amides is 1. The number of H-pyrrole nitrogens is 1. The summed E-state index contributed by atoms with van der Waals surface area (Å²) in [5.74, 6) is -0.494. The highest BCUT2D eigenvalue weighted by molar-refractivity contribution is 6.08. The number of piperidine rings is 1. The first-order valence-corrected chi connectivity index (χ1v) is 10.9. The first-order valence-electron chi connectivity index (χ1n) is 10.9. The Hall–Kier alpha value is -3.38. The van der Waals surface area contributed by atoms with Crippen molar-refractivity contribution in [2.75, 3.05) is 13.1 Å². The van der Waals surface area contributed by atoms with Crippen LogP contribution in [0.15, 0.2) is 54.2 Å². The van der Waals surface area contributed by atoms with Crippen LogP contribution < -0.4 is 10.8 Å². The van der Waals surface area contributed by atoms with Gasteiger partial charge in [0.2, 0.25) is 0 Å². The lowest BCUT2D eigenvalue weighted by molar-refractivity contribution is -0.918. The largest absolute Gasteiger partial charge is 0.498 e. The molecule has 3 aromatic rings. The third kappa shape index (κ3) is 3.71. The standard InChI is InChI=1S/C26H29N3O3/c1-26(2,3)29(25(31)32)11-7-8-17(16-29)12-20-15-28-23-21(20)13-19(14-22(23)24(27)30)18-9-5-4-6-10-18/h4-6,9-10,12-15H,7-8,11,16H2,1-3H3,(H3-,27,28,30,31,32)/b17-12+. The first kappa shape index (κ1) is 21.8. The molecule has 0 aliphatic carbocycles. The molecule has 32 heavy (non-hydrogen) atoms. The van der Waals surface area contributed by atoms with Gasteiger partial charge in [0.05, 0.1) is 23.2 Å². The molecule has 4 rings (SSSR count). The highest BCUT2D eigenvalue weighted by atomic mass is 16.4. The van der Waals surface area contributed by atoms with Gasteiger partial charge in [0.15, 0.2) is 0 Å². The zero-order chi connectivity index (χ0) is 23.1. The molecule has 0 saturated carbocycles. The van der Waals surface area contributed by atoms with Gasteiger partial charge in [0.1, 0.15) is 6.54 Å². The Labute approximate surface area is 187 Å². The van der Waals surface area contributed by atoms with E-state index < -0.39 is 17.5 Å². The van der Waals surface area contributed by atoms with Crippen molar-refractivity contribution in [2.45, 2.75) is 39.2 Å². The fourth-order valence-corrected chi connectivity index (χ4v) is 4.78. The molecule has 166 valence electrons. The van der Waals surface area contributed by atoms with Crippen molar-refractivity contribution in [3.05, 3.63) is 65.4 Å². The summed E-state index contributed by atoms with van der Waals surface area (Å²) in [6.45, 7) is 6.80. The van der Waals surface area contributed by atoms with Crippen molar-refractivity contribution in [3.63, 3.8) is 0 Å². The number of nitrogens with one attached hydrogen (secondary N) is 1. The van der Waals surface area contributed by atoms with E-state index in [-0.39, 0.29) is 4.48 Å². The van der Waals surface area contributed by atoms with Crippen LogP contribution in [0.5, 0.6) is 0 Å². The Balaban J connectivity index is 1.83. The number of nitrogens with zero attached hydrogens (tertiary/aromatic N) is 1. The number of carbonyl (C=O) groups excluding carboxylic acids is 2. The molecule has 1 fully saturated rings. The van der Waals surface area contributed by atoms with E-state index in [1.54, 1.807) is 0 Å². The monoisotopic (exact) mass is 431 g/mol. The molecule has 1 saturated heterocycles. The highest BCUT2D eigenvalue weighted by Crippen LogP contribution is 2.35. The number of rotatable bonds is 3. The van der Waals surface area contributed by atoms with E-state index in [2.05, 4.69) is 11.1 Å². The quantitative estimate of drug-likeness (QED) is 0.612. The van der Waals surface area contributed by atoms with Crippen molar-refractivity contribution in [1.29, 1.82) is 0 Å². The van der Waals surface area contributed by atoms with E-state index in [1.807, 2.05) is 69.4 Å². The van der Waals surface area contributed by atoms with Crippen LogP contribution in [0.2, 0.25) is 0 Å². The summed E-state index contributed by atoms with van der Waals surface area (Å²) in [7, 11) is 0. The molecule has 2 amide bonds. The van der Waals surface area contributed by atoms with E-state index in [0.717, 1.165) is 40.5 Å². The molecule has 2 aromatic carbocycles. The Morgan fingerprint density at radius 1 is 1.12 bits per heavy atom. The Morgan fingerprint density at radius 3 is 2.47 bits per heavy atom. The van der Waals surface area contributed by atoms with E-state index in [1.165, 1.54) is 0 Å². The minimum absolute atomic E-state index is 0.0943. The number of aromatic nitrogens is 1. The van der Waals surface area contributed by atoms with Crippen molar-refractivity contribution in [1.82, 2.24) is 4.98 Å². The maximum atomic E-state index is 12.2. The van der Waals surface area contributed by atoms with Gasteiger partial charge in [-0.2, -0.15) is 0 Å². The summed E-state index contributed by atoms with van der Waals surface area (Å²) in [5, 5.41) is 13.1. The highest BCUT2D eigenvalue weighted by Gasteiger charge is 2.44. The van der Waals surface area contributed by atoms with Crippen LogP contribution in [0.3, 0.4) is 0 Å². The van der Waals surface area contributed by atoms with E-state index in [9.17, 15) is 14.7 Å². The lowest BCUT2D eigenvalue weighted by Gasteiger charge is -2.50. The van der Waals surface area contributed by atoms with Crippen LogP contribution >= 0.6 is 0 Å². The van der Waals surface area contributed by atoms with Gasteiger partial charge in [-0.05, 0) is 67.7 Å². The van der Waals surface area contributed by atoms with Crippen LogP contribution in [0.25, 0.3) is 28.1 Å². The third-order valence-electron chi connectivity index (χ3n) is 6.70. The van der Waals surface area contributed by atoms with Crippen molar-refractivity contribution < 1.29 is 19.2 Å². The van der Waals surface area contributed by atoms with Crippen LogP contribution in [-0.2, 0) is 0 Å². The Morgan fingerprint density at radius 2 is 1.84 bits per heavy atom. The zero-order valence-corrected chi connectivity index (χ0v) is 18.8. The molecule has 1 aliphatic rings. The lowest BCUT2D eigenvalue weighted by Crippen LogP contribution is -2.69. The number of quaternary nitrogens is 1. The van der Waals surface area contributed by atoms with E-state index in [4.69, 9.17) is 5.73 Å². The predicted molar refractivity (Wildman–Crippen MR) is 125 cm³/mol. The average molecular weight is 432 g/mol. The number of nitrogens with two attached hydrogens (primary N) is 1. The van der Waals surface area contributed by atoms with Crippen LogP contribution in [0, 0.1) is 0 Å². The number of hydrogen-bond donors (Lipinski definition) is 2. The SMILES string of the molecule is CC(C)(C)[N+]1(C(=O)[O-])CCC/C(=C\c2c[nH]c3c(C(N)=O)cc(-c4ccccc4)cc23)C1. The molecule has 2 heterocycles. The number of hydrogen-bond acceptors (Lipinski definition) is 3. The predicted octanol–water partition coefficient (Wildman–Crippen LogP) is 4.07. The Bertz CT molecular complexity index is 1220. The molecule has 1 aromatic heterocycles. The number of likely N-dealkylation sites (tertiary alicyclic amines) is 1. The molecule has 6 heteroatoms. The lowest BCUT2D eigenvalue weighted by atomic mass is 9.92. The minimum atomic E-state index is -1.04. The minimum Gasteiger partial charge on any atom is -0.498 e. The van der Waals surface area contributed by atoms with Gasteiger partial charge in [-0.1, -0.05) is 30.3 Å². The fraction of sp³-hybridized carbons (Fsp3) is 0.308. The number of carbonyl (C=O) groups is 2. The van der Waals surface area contributed by atoms with Crippen molar-refractivity contribution in [2.24, 2.45) is 5.73 Å². The fourth-order valence-electron chi connectivity index (χ4n) is 4.78. The number of amides is 2. The maximum absolute atomic E-state index is 12.2. The van der Waals surface area contributed by atoms with Gasteiger partial charge >= 0.3 is 0 Å². The molecule has 0 bridgehead atoms. The van der Waals surface area contributed by atoms with Crippen LogP contribution in [0.1, 0.15) is 49.5 Å². The third-order valence-corrected chi connectivity index (χ3v) is 6.70. The van der Waals surface area contributed by atoms with E-state index >= 15 is 0 Å². The first-order chi connectivity index (χ1) is 15.1. The molecular weight excluding hydrogens is 402 g/mol. The summed E-state index contributed by atoms with van der Waals surface area (Å²) in [5.41, 5.74) is 10.2. The normalized spacial score (nSPS) is 20.5. The van der Waals surface area contributed by atoms with Gasteiger partial charge in [-0.25, -0.2) is 0 Å². The summed E-state index contributed by atoms with van der Waals surface area (Å²) >= 11 is 0. The molecule has 0 spiro atoms. The second-order valence-electron chi connectivity index (χ2n) is 9.61. The second kappa shape index (κ2) is 7.95. The second-order valence-corrected chi connectivity index (χ2v) is 9.61. The van der Waals surface area contributed by atoms with E-state index in [0.29, 0.717) is 24.2 Å². The molecule has 0 radical (unpaired) electrons. The molecule has 6 nitrogen and oxygen atoms in total. The molecule has 1 aliphatic heterocycles. The zero-order valence-electron chi connectivity index (χ0n) is 18.8. The number of benzene rings is 2. The van der Waals surface area contributed by atoms with Gasteiger partial charge < -0.3 is 20.6 Å². The van der Waals surface area contributed by atoms with Gasteiger partial charge in [-0.3, -0.25) is 9.28 Å². The maximum Gasteiger partial charge on any atom is 0.258 e. The number of aromatic amines is 1. The molecule has 1 atom stereocenters. The molecule has 3 N–H and O–H groups in total. The van der Waals surface area contributed by atoms with Gasteiger partial charge in [-0.15, -0.1) is 0 Å². The summed E-state index contributed by atoms with van der Waals surface area (Å²) < 4.78 is -0.0943. The topological polar surface area (TPSA) is 99.0 Å². The Kier molecular flexibility index (Phi) is 5.42.